The Kier molecular flexibility index (Phi) is 6.84. The molecule has 0 spiro atoms. The number of ether oxygens (including phenoxy) is 2. The van der Waals surface area contributed by atoms with Gasteiger partial charge >= 0.3 is 0 Å². The van der Waals surface area contributed by atoms with Crippen molar-refractivity contribution < 1.29 is 14.3 Å². The Balaban J connectivity index is 1.35. The number of rotatable bonds is 8. The second-order valence-corrected chi connectivity index (χ2v) is 8.07. The van der Waals surface area contributed by atoms with Crippen LogP contribution >= 0.6 is 0 Å². The van der Waals surface area contributed by atoms with Crippen molar-refractivity contribution in [3.8, 4) is 5.75 Å². The number of carbonyl (C=O) groups is 1. The summed E-state index contributed by atoms with van der Waals surface area (Å²) in [7, 11) is 1.63. The van der Waals surface area contributed by atoms with E-state index in [1.54, 1.807) is 24.6 Å². The molecule has 0 saturated carbocycles. The normalized spacial score (nSPS) is 17.0. The van der Waals surface area contributed by atoms with Gasteiger partial charge in [0.2, 0.25) is 0 Å². The van der Waals surface area contributed by atoms with E-state index in [4.69, 9.17) is 9.47 Å². The van der Waals surface area contributed by atoms with E-state index in [0.29, 0.717) is 24.5 Å². The standard InChI is InChI=1S/C24H30N4O3/c1-18-7-8-21-23(12-18)31-16-20(15-30-2)28(24(21)29)11-4-3-9-27-10-5-6-19(14-27)22-13-25-17-26-22/h6-8,12-13,16-17H,3-5,9-11,14-15H2,1-2H3,(H,25,26). The highest BCUT2D eigenvalue weighted by atomic mass is 16.5. The van der Waals surface area contributed by atoms with Gasteiger partial charge in [0.15, 0.2) is 0 Å². The molecule has 1 amide bonds. The Labute approximate surface area is 183 Å². The molecule has 2 aliphatic heterocycles. The number of hydrogen-bond acceptors (Lipinski definition) is 5. The fourth-order valence-electron chi connectivity index (χ4n) is 4.10. The predicted molar refractivity (Wildman–Crippen MR) is 120 cm³/mol. The fourth-order valence-corrected chi connectivity index (χ4v) is 4.10. The lowest BCUT2D eigenvalue weighted by molar-refractivity contribution is 0.0771. The van der Waals surface area contributed by atoms with Crippen molar-refractivity contribution in [2.45, 2.75) is 26.2 Å². The third-order valence-corrected chi connectivity index (χ3v) is 5.74. The van der Waals surface area contributed by atoms with E-state index in [2.05, 4.69) is 20.9 Å². The van der Waals surface area contributed by atoms with Crippen molar-refractivity contribution in [2.75, 3.05) is 39.9 Å². The minimum atomic E-state index is -0.0301. The van der Waals surface area contributed by atoms with Gasteiger partial charge in [0, 0.05) is 32.9 Å². The van der Waals surface area contributed by atoms with Crippen molar-refractivity contribution in [2.24, 2.45) is 0 Å². The van der Waals surface area contributed by atoms with Crippen LogP contribution in [0.4, 0.5) is 0 Å². The maximum Gasteiger partial charge on any atom is 0.261 e. The summed E-state index contributed by atoms with van der Waals surface area (Å²) in [6.07, 6.45) is 10.6. The fraction of sp³-hybridized carbons (Fsp3) is 0.417. The zero-order chi connectivity index (χ0) is 21.6. The number of nitrogens with one attached hydrogen (secondary N) is 1. The molecule has 7 heteroatoms. The second kappa shape index (κ2) is 9.94. The number of fused-ring (bicyclic) bond motifs is 1. The number of methoxy groups -OCH3 is 1. The van der Waals surface area contributed by atoms with E-state index in [0.717, 1.165) is 55.9 Å². The molecular formula is C24H30N4O3. The molecule has 1 aromatic carbocycles. The average molecular weight is 423 g/mol. The molecule has 0 aliphatic carbocycles. The van der Waals surface area contributed by atoms with Crippen LogP contribution in [0.5, 0.6) is 5.75 Å². The average Bonchev–Trinajstić information content (AvgIpc) is 3.28. The zero-order valence-electron chi connectivity index (χ0n) is 18.3. The first kappa shape index (κ1) is 21.3. The number of hydrogen-bond donors (Lipinski definition) is 1. The molecule has 4 rings (SSSR count). The Morgan fingerprint density at radius 2 is 2.13 bits per heavy atom. The van der Waals surface area contributed by atoms with Gasteiger partial charge in [0.1, 0.15) is 12.0 Å². The van der Waals surface area contributed by atoms with E-state index in [1.807, 2.05) is 31.3 Å². The van der Waals surface area contributed by atoms with Gasteiger partial charge in [-0.05, 0) is 56.0 Å². The summed E-state index contributed by atoms with van der Waals surface area (Å²) in [6, 6.07) is 5.69. The number of unbranched alkanes of at least 4 members (excludes halogenated alkanes) is 1. The smallest absolute Gasteiger partial charge is 0.261 e. The predicted octanol–water partition coefficient (Wildman–Crippen LogP) is 3.61. The first-order valence-electron chi connectivity index (χ1n) is 10.8. The Hall–Kier alpha value is -2.90. The number of carbonyl (C=O) groups excluding carboxylic acids is 1. The van der Waals surface area contributed by atoms with Gasteiger partial charge < -0.3 is 19.4 Å². The number of nitrogens with zero attached hydrogens (tertiary/aromatic N) is 3. The van der Waals surface area contributed by atoms with Gasteiger partial charge in [-0.2, -0.15) is 0 Å². The highest BCUT2D eigenvalue weighted by Gasteiger charge is 2.26. The lowest BCUT2D eigenvalue weighted by Crippen LogP contribution is -2.34. The van der Waals surface area contributed by atoms with E-state index in [1.165, 1.54) is 5.57 Å². The van der Waals surface area contributed by atoms with Crippen molar-refractivity contribution >= 4 is 11.5 Å². The van der Waals surface area contributed by atoms with E-state index in [9.17, 15) is 4.79 Å². The van der Waals surface area contributed by atoms with Gasteiger partial charge in [-0.15, -0.1) is 0 Å². The number of aromatic nitrogens is 2. The largest absolute Gasteiger partial charge is 0.462 e. The highest BCUT2D eigenvalue weighted by molar-refractivity contribution is 5.98. The molecule has 1 aromatic heterocycles. The molecule has 0 radical (unpaired) electrons. The number of benzene rings is 1. The number of aromatic amines is 1. The van der Waals surface area contributed by atoms with E-state index in [-0.39, 0.29) is 5.91 Å². The van der Waals surface area contributed by atoms with Crippen LogP contribution in [0.3, 0.4) is 0 Å². The summed E-state index contributed by atoms with van der Waals surface area (Å²) in [5.41, 5.74) is 4.72. The van der Waals surface area contributed by atoms with Gasteiger partial charge in [-0.25, -0.2) is 4.98 Å². The van der Waals surface area contributed by atoms with Crippen molar-refractivity contribution in [3.05, 3.63) is 65.6 Å². The number of aryl methyl sites for hydroxylation is 1. The second-order valence-electron chi connectivity index (χ2n) is 8.07. The molecule has 164 valence electrons. The lowest BCUT2D eigenvalue weighted by atomic mass is 10.1. The van der Waals surface area contributed by atoms with Crippen LogP contribution in [-0.2, 0) is 4.74 Å². The molecule has 3 heterocycles. The van der Waals surface area contributed by atoms with Gasteiger partial charge in [0.05, 0.1) is 29.9 Å². The minimum Gasteiger partial charge on any atom is -0.462 e. The summed E-state index contributed by atoms with van der Waals surface area (Å²) in [4.78, 5) is 24.9. The monoisotopic (exact) mass is 422 g/mol. The highest BCUT2D eigenvalue weighted by Crippen LogP contribution is 2.27. The van der Waals surface area contributed by atoms with E-state index < -0.39 is 0 Å². The quantitative estimate of drug-likeness (QED) is 0.658. The molecule has 0 bridgehead atoms. The topological polar surface area (TPSA) is 70.7 Å². The van der Waals surface area contributed by atoms with Crippen molar-refractivity contribution in [1.29, 1.82) is 0 Å². The van der Waals surface area contributed by atoms with Gasteiger partial charge in [-0.1, -0.05) is 12.1 Å². The van der Waals surface area contributed by atoms with Gasteiger partial charge in [0.25, 0.3) is 5.91 Å². The first-order valence-corrected chi connectivity index (χ1v) is 10.8. The first-order chi connectivity index (χ1) is 15.2. The van der Waals surface area contributed by atoms with Crippen LogP contribution in [0.15, 0.2) is 48.8 Å². The lowest BCUT2D eigenvalue weighted by Gasteiger charge is -2.27. The summed E-state index contributed by atoms with van der Waals surface area (Å²) in [5.74, 6) is 0.574. The molecular weight excluding hydrogens is 392 g/mol. The number of H-pyrrole nitrogens is 1. The zero-order valence-corrected chi connectivity index (χ0v) is 18.3. The molecule has 0 atom stereocenters. The van der Waals surface area contributed by atoms with Crippen LogP contribution < -0.4 is 4.74 Å². The molecule has 0 saturated heterocycles. The SMILES string of the molecule is COCC1=COc2cc(C)ccc2C(=O)N1CCCCN1CCC=C(c2c[nH]cn2)C1. The van der Waals surface area contributed by atoms with Crippen LogP contribution in [0.1, 0.15) is 40.9 Å². The summed E-state index contributed by atoms with van der Waals surface area (Å²) in [6.45, 7) is 5.95. The van der Waals surface area contributed by atoms with Crippen molar-refractivity contribution in [3.63, 3.8) is 0 Å². The summed E-state index contributed by atoms with van der Waals surface area (Å²) < 4.78 is 11.1. The molecule has 2 aromatic rings. The van der Waals surface area contributed by atoms with E-state index >= 15 is 0 Å². The Bertz CT molecular complexity index is 965. The maximum atomic E-state index is 13.2. The molecule has 0 unspecified atom stereocenters. The Morgan fingerprint density at radius 3 is 2.94 bits per heavy atom. The molecule has 1 N–H and O–H groups in total. The third kappa shape index (κ3) is 5.06. The van der Waals surface area contributed by atoms with Gasteiger partial charge in [-0.3, -0.25) is 9.69 Å². The Morgan fingerprint density at radius 1 is 1.26 bits per heavy atom. The summed E-state index contributed by atoms with van der Waals surface area (Å²) >= 11 is 0. The minimum absolute atomic E-state index is 0.0301. The molecule has 7 nitrogen and oxygen atoms in total. The van der Waals surface area contributed by atoms with Crippen LogP contribution in [0.25, 0.3) is 5.57 Å². The number of imidazole rings is 1. The number of amides is 1. The third-order valence-electron chi connectivity index (χ3n) is 5.74. The molecule has 0 fully saturated rings. The van der Waals surface area contributed by atoms with Crippen LogP contribution in [0, 0.1) is 6.92 Å². The summed E-state index contributed by atoms with van der Waals surface area (Å²) in [5, 5.41) is 0. The van der Waals surface area contributed by atoms with Crippen molar-refractivity contribution in [1.82, 2.24) is 19.8 Å². The van der Waals surface area contributed by atoms with Crippen LogP contribution in [-0.4, -0.2) is 65.6 Å². The molecule has 31 heavy (non-hydrogen) atoms. The van der Waals surface area contributed by atoms with Crippen LogP contribution in [0.2, 0.25) is 0 Å². The maximum absolute atomic E-state index is 13.2. The molecule has 2 aliphatic rings.